The molecule has 2 amide bonds. The molecule has 0 saturated carbocycles. The Morgan fingerprint density at radius 3 is 2.11 bits per heavy atom. The third-order valence-corrected chi connectivity index (χ3v) is 6.66. The Morgan fingerprint density at radius 2 is 1.58 bits per heavy atom. The molecule has 10 heteroatoms. The van der Waals surface area contributed by atoms with E-state index in [0.29, 0.717) is 42.6 Å². The molecule has 0 aliphatic carbocycles. The number of carbonyl (C=O) groups excluding carboxylic acids is 2. The van der Waals surface area contributed by atoms with E-state index in [4.69, 9.17) is 23.6 Å². The average molecular weight is 524 g/mol. The molecule has 1 aliphatic rings. The largest absolute Gasteiger partial charge is 0.497 e. The standard InChI is InChI=1S/C28H33N3O7/c1-5-37-27(32)18(2)31(34)28(33)30-16-14-21(15-17-30)26-29-24(19-6-10-22(35-3)11-7-19)25(38-26)20-8-12-23(36-4)13-9-20/h6-13,18,21,34H,5,14-17H2,1-4H3. The normalized spacial score (nSPS) is 14.6. The molecule has 1 aromatic heterocycles. The molecular weight excluding hydrogens is 490 g/mol. The van der Waals surface area contributed by atoms with Gasteiger partial charge in [-0.25, -0.2) is 14.6 Å². The molecule has 0 spiro atoms. The zero-order chi connectivity index (χ0) is 27.2. The van der Waals surface area contributed by atoms with Crippen LogP contribution in [0.15, 0.2) is 52.9 Å². The summed E-state index contributed by atoms with van der Waals surface area (Å²) in [6.45, 7) is 4.03. The van der Waals surface area contributed by atoms with E-state index in [1.165, 1.54) is 11.8 Å². The smallest absolute Gasteiger partial charge is 0.344 e. The number of amides is 2. The molecule has 1 fully saturated rings. The van der Waals surface area contributed by atoms with Crippen molar-refractivity contribution in [2.75, 3.05) is 33.9 Å². The van der Waals surface area contributed by atoms with Crippen LogP contribution in [-0.4, -0.2) is 72.1 Å². The molecule has 0 radical (unpaired) electrons. The Bertz CT molecular complexity index is 1170. The van der Waals surface area contributed by atoms with Gasteiger partial charge in [0.1, 0.15) is 17.2 Å². The monoisotopic (exact) mass is 523 g/mol. The first-order valence-corrected chi connectivity index (χ1v) is 12.6. The van der Waals surface area contributed by atoms with Gasteiger partial charge in [-0.05, 0) is 75.2 Å². The van der Waals surface area contributed by atoms with Gasteiger partial charge in [-0.15, -0.1) is 0 Å². The van der Waals surface area contributed by atoms with Crippen molar-refractivity contribution >= 4 is 12.0 Å². The number of carbonyl (C=O) groups is 2. The molecule has 1 N–H and O–H groups in total. The lowest BCUT2D eigenvalue weighted by molar-refractivity contribution is -0.162. The van der Waals surface area contributed by atoms with Crippen LogP contribution in [0.5, 0.6) is 11.5 Å². The van der Waals surface area contributed by atoms with Gasteiger partial charge in [0.25, 0.3) is 0 Å². The number of benzene rings is 2. The number of rotatable bonds is 8. The Balaban J connectivity index is 1.53. The van der Waals surface area contributed by atoms with Crippen LogP contribution in [0.3, 0.4) is 0 Å². The molecule has 38 heavy (non-hydrogen) atoms. The molecule has 3 aromatic rings. The Morgan fingerprint density at radius 1 is 1.03 bits per heavy atom. The molecular formula is C28H33N3O7. The van der Waals surface area contributed by atoms with Gasteiger partial charge in [-0.2, -0.15) is 5.06 Å². The van der Waals surface area contributed by atoms with E-state index in [2.05, 4.69) is 0 Å². The van der Waals surface area contributed by atoms with Crippen molar-refractivity contribution in [1.29, 1.82) is 0 Å². The zero-order valence-corrected chi connectivity index (χ0v) is 22.0. The highest BCUT2D eigenvalue weighted by atomic mass is 16.6. The number of aromatic nitrogens is 1. The lowest BCUT2D eigenvalue weighted by Crippen LogP contribution is -2.50. The second kappa shape index (κ2) is 12.0. The minimum Gasteiger partial charge on any atom is -0.497 e. The second-order valence-electron chi connectivity index (χ2n) is 9.00. The van der Waals surface area contributed by atoms with Crippen LogP contribution >= 0.6 is 0 Å². The number of hydroxylamine groups is 2. The Hall–Kier alpha value is -4.05. The van der Waals surface area contributed by atoms with Crippen molar-refractivity contribution in [2.24, 2.45) is 0 Å². The molecule has 1 unspecified atom stereocenters. The number of hydrogen-bond acceptors (Lipinski definition) is 8. The zero-order valence-electron chi connectivity index (χ0n) is 22.0. The summed E-state index contributed by atoms with van der Waals surface area (Å²) in [4.78, 5) is 31.1. The van der Waals surface area contributed by atoms with Gasteiger partial charge in [0.05, 0.1) is 20.8 Å². The summed E-state index contributed by atoms with van der Waals surface area (Å²) in [6, 6.07) is 13.5. The molecule has 1 aliphatic heterocycles. The Kier molecular flexibility index (Phi) is 8.52. The van der Waals surface area contributed by atoms with Gasteiger partial charge in [-0.3, -0.25) is 5.21 Å². The van der Waals surface area contributed by atoms with Crippen LogP contribution in [0, 0.1) is 0 Å². The summed E-state index contributed by atoms with van der Waals surface area (Å²) in [5.41, 5.74) is 2.48. The van der Waals surface area contributed by atoms with E-state index < -0.39 is 18.0 Å². The van der Waals surface area contributed by atoms with E-state index in [9.17, 15) is 14.8 Å². The van der Waals surface area contributed by atoms with Crippen LogP contribution in [-0.2, 0) is 9.53 Å². The molecule has 1 atom stereocenters. The highest BCUT2D eigenvalue weighted by Crippen LogP contribution is 2.38. The molecule has 2 aromatic carbocycles. The molecule has 10 nitrogen and oxygen atoms in total. The summed E-state index contributed by atoms with van der Waals surface area (Å²) in [6.07, 6.45) is 1.19. The number of methoxy groups -OCH3 is 2. The maximum Gasteiger partial charge on any atom is 0.344 e. The first-order chi connectivity index (χ1) is 18.4. The summed E-state index contributed by atoms with van der Waals surface area (Å²) >= 11 is 0. The lowest BCUT2D eigenvalue weighted by atomic mass is 9.97. The number of likely N-dealkylation sites (tertiary alicyclic amines) is 1. The number of piperidine rings is 1. The number of nitrogens with zero attached hydrogens (tertiary/aromatic N) is 3. The van der Waals surface area contributed by atoms with Crippen LogP contribution in [0.25, 0.3) is 22.6 Å². The number of esters is 1. The van der Waals surface area contributed by atoms with Crippen molar-refractivity contribution in [3.63, 3.8) is 0 Å². The van der Waals surface area contributed by atoms with E-state index in [-0.39, 0.29) is 12.5 Å². The van der Waals surface area contributed by atoms with Crippen molar-refractivity contribution in [2.45, 2.75) is 38.6 Å². The maximum atomic E-state index is 12.8. The van der Waals surface area contributed by atoms with Crippen LogP contribution < -0.4 is 9.47 Å². The minimum absolute atomic E-state index is 0.0160. The SMILES string of the molecule is CCOC(=O)C(C)N(O)C(=O)N1CCC(c2nc(-c3ccc(OC)cc3)c(-c3ccc(OC)cc3)o2)CC1. The van der Waals surface area contributed by atoms with Crippen LogP contribution in [0.1, 0.15) is 38.5 Å². The summed E-state index contributed by atoms with van der Waals surface area (Å²) < 4.78 is 21.8. The minimum atomic E-state index is -1.09. The molecule has 4 rings (SSSR count). The highest BCUT2D eigenvalue weighted by Gasteiger charge is 2.33. The quantitative estimate of drug-likeness (QED) is 0.250. The summed E-state index contributed by atoms with van der Waals surface area (Å²) in [7, 11) is 3.24. The topological polar surface area (TPSA) is 115 Å². The molecule has 0 bridgehead atoms. The van der Waals surface area contributed by atoms with Gasteiger partial charge < -0.3 is 23.5 Å². The summed E-state index contributed by atoms with van der Waals surface area (Å²) in [5, 5.41) is 10.7. The van der Waals surface area contributed by atoms with Crippen molar-refractivity contribution in [1.82, 2.24) is 14.9 Å². The first-order valence-electron chi connectivity index (χ1n) is 12.6. The van der Waals surface area contributed by atoms with Crippen molar-refractivity contribution in [3.05, 3.63) is 54.4 Å². The van der Waals surface area contributed by atoms with Gasteiger partial charge in [-0.1, -0.05) is 0 Å². The van der Waals surface area contributed by atoms with Crippen molar-refractivity contribution < 1.29 is 33.4 Å². The van der Waals surface area contributed by atoms with E-state index in [1.807, 2.05) is 48.5 Å². The predicted molar refractivity (Wildman–Crippen MR) is 139 cm³/mol. The Labute approximate surface area is 221 Å². The molecule has 1 saturated heterocycles. The third-order valence-electron chi connectivity index (χ3n) is 6.66. The fourth-order valence-corrected chi connectivity index (χ4v) is 4.38. The van der Waals surface area contributed by atoms with Gasteiger partial charge in [0, 0.05) is 30.1 Å². The van der Waals surface area contributed by atoms with E-state index >= 15 is 0 Å². The van der Waals surface area contributed by atoms with Gasteiger partial charge in [0.2, 0.25) is 0 Å². The van der Waals surface area contributed by atoms with E-state index in [1.54, 1.807) is 21.1 Å². The molecule has 202 valence electrons. The highest BCUT2D eigenvalue weighted by molar-refractivity contribution is 5.82. The number of oxazole rings is 1. The number of hydrogen-bond donors (Lipinski definition) is 1. The number of ether oxygens (including phenoxy) is 3. The number of urea groups is 1. The van der Waals surface area contributed by atoms with Crippen molar-refractivity contribution in [3.8, 4) is 34.1 Å². The van der Waals surface area contributed by atoms with Crippen LogP contribution in [0.2, 0.25) is 0 Å². The van der Waals surface area contributed by atoms with Gasteiger partial charge in [0.15, 0.2) is 17.7 Å². The van der Waals surface area contributed by atoms with E-state index in [0.717, 1.165) is 28.3 Å². The fourth-order valence-electron chi connectivity index (χ4n) is 4.38. The average Bonchev–Trinajstić information content (AvgIpc) is 3.42. The predicted octanol–water partition coefficient (Wildman–Crippen LogP) is 4.97. The van der Waals surface area contributed by atoms with Crippen LogP contribution in [0.4, 0.5) is 4.79 Å². The molecule has 2 heterocycles. The third kappa shape index (κ3) is 5.75. The maximum absolute atomic E-state index is 12.8. The first kappa shape index (κ1) is 27.0. The fraction of sp³-hybridized carbons (Fsp3) is 0.393. The summed E-state index contributed by atoms with van der Waals surface area (Å²) in [5.74, 6) is 2.06. The lowest BCUT2D eigenvalue weighted by Gasteiger charge is -2.33. The van der Waals surface area contributed by atoms with Gasteiger partial charge >= 0.3 is 12.0 Å². The second-order valence-corrected chi connectivity index (χ2v) is 9.00.